The van der Waals surface area contributed by atoms with Gasteiger partial charge in [-0.1, -0.05) is 0 Å². The van der Waals surface area contributed by atoms with E-state index in [-0.39, 0.29) is 22.6 Å². The maximum atomic E-state index is 12.3. The summed E-state index contributed by atoms with van der Waals surface area (Å²) >= 11 is 0. The Kier molecular flexibility index (Phi) is 3.71. The predicted molar refractivity (Wildman–Crippen MR) is 30.0 cm³/mol. The van der Waals surface area contributed by atoms with Gasteiger partial charge in [-0.05, 0) is 11.6 Å². The van der Waals surface area contributed by atoms with Crippen LogP contribution in [0.25, 0.3) is 0 Å². The van der Waals surface area contributed by atoms with Gasteiger partial charge in [-0.2, -0.15) is 0 Å². The summed E-state index contributed by atoms with van der Waals surface area (Å²) in [6, 6.07) is 8.34. The van der Waals surface area contributed by atoms with Gasteiger partial charge in [0.2, 0.25) is 0 Å². The summed E-state index contributed by atoms with van der Waals surface area (Å²) in [5, 5.41) is 8.20. The maximum absolute atomic E-state index is 12.3. The van der Waals surface area contributed by atoms with Crippen molar-refractivity contribution in [2.75, 3.05) is 0 Å². The molecule has 0 saturated heterocycles. The van der Waals surface area contributed by atoms with Gasteiger partial charge >= 0.3 is 0 Å². The van der Waals surface area contributed by atoms with Gasteiger partial charge in [0.05, 0.1) is 0 Å². The second kappa shape index (κ2) is 4.05. The molecule has 0 aliphatic carbocycles. The molecule has 0 spiro atoms. The number of hydrogen-bond acceptors (Lipinski definition) is 1. The van der Waals surface area contributed by atoms with E-state index < -0.39 is 5.82 Å². The number of hydrogen-bond donors (Lipinski definition) is 0. The van der Waals surface area contributed by atoms with Crippen molar-refractivity contribution in [3.63, 3.8) is 0 Å². The van der Waals surface area contributed by atoms with E-state index in [4.69, 9.17) is 5.26 Å². The van der Waals surface area contributed by atoms with Gasteiger partial charge < -0.3 is 0 Å². The van der Waals surface area contributed by atoms with Crippen molar-refractivity contribution < 1.29 is 21.5 Å². The second-order valence-corrected chi connectivity index (χ2v) is 1.50. The molecule has 10 heavy (non-hydrogen) atoms. The Labute approximate surface area is 69.0 Å². The molecule has 0 aliphatic rings. The standard InChI is InChI=1S/C7H3FN.Mn/c8-7-4-2-1-3-6(7)5-9;/h1-2,4H;/q-1;. The molecule has 0 atom stereocenters. The number of nitrogens with zero attached hydrogens (tertiary/aromatic N) is 1. The van der Waals surface area contributed by atoms with Crippen LogP contribution >= 0.6 is 0 Å². The monoisotopic (exact) mass is 175 g/mol. The van der Waals surface area contributed by atoms with Crippen LogP contribution in [0.5, 0.6) is 0 Å². The van der Waals surface area contributed by atoms with Crippen molar-refractivity contribution in [2.24, 2.45) is 0 Å². The van der Waals surface area contributed by atoms with Crippen LogP contribution in [0.2, 0.25) is 0 Å². The summed E-state index contributed by atoms with van der Waals surface area (Å²) in [7, 11) is 0. The molecule has 0 saturated carbocycles. The van der Waals surface area contributed by atoms with Crippen LogP contribution in [0.15, 0.2) is 18.2 Å². The summed E-state index contributed by atoms with van der Waals surface area (Å²) in [6.07, 6.45) is 0. The topological polar surface area (TPSA) is 23.8 Å². The molecule has 1 rings (SSSR count). The summed E-state index contributed by atoms with van der Waals surface area (Å²) in [5.41, 5.74) is -0.0301. The number of nitriles is 1. The van der Waals surface area contributed by atoms with Crippen LogP contribution in [0.4, 0.5) is 4.39 Å². The molecule has 1 aromatic rings. The third-order valence-electron chi connectivity index (χ3n) is 0.917. The van der Waals surface area contributed by atoms with E-state index in [1.54, 1.807) is 6.07 Å². The molecule has 0 bridgehead atoms. The zero-order valence-corrected chi connectivity index (χ0v) is 6.12. The van der Waals surface area contributed by atoms with Crippen molar-refractivity contribution in [3.8, 4) is 6.07 Å². The van der Waals surface area contributed by atoms with Crippen molar-refractivity contribution in [3.05, 3.63) is 35.6 Å². The normalized spacial score (nSPS) is 7.60. The minimum absolute atomic E-state index is 0. The van der Waals surface area contributed by atoms with E-state index in [1.807, 2.05) is 0 Å². The fraction of sp³-hybridized carbons (Fsp3) is 0. The molecule has 0 N–H and O–H groups in total. The third-order valence-corrected chi connectivity index (χ3v) is 0.917. The Morgan fingerprint density at radius 1 is 1.60 bits per heavy atom. The first-order chi connectivity index (χ1) is 4.34. The van der Waals surface area contributed by atoms with E-state index in [0.29, 0.717) is 0 Å². The Morgan fingerprint density at radius 2 is 2.30 bits per heavy atom. The summed E-state index contributed by atoms with van der Waals surface area (Å²) < 4.78 is 12.3. The average molecular weight is 175 g/mol. The van der Waals surface area contributed by atoms with Gasteiger partial charge in [0, 0.05) is 22.9 Å². The first-order valence-electron chi connectivity index (χ1n) is 2.41. The van der Waals surface area contributed by atoms with E-state index in [0.717, 1.165) is 0 Å². The Hall–Kier alpha value is -0.841. The predicted octanol–water partition coefficient (Wildman–Crippen LogP) is 1.50. The van der Waals surface area contributed by atoms with Crippen molar-refractivity contribution in [2.45, 2.75) is 0 Å². The molecule has 0 unspecified atom stereocenters. The smallest absolute Gasteiger partial charge is 0.0452 e. The molecular formula is C7H3FMnN-. The minimum atomic E-state index is -0.514. The van der Waals surface area contributed by atoms with E-state index in [9.17, 15) is 4.39 Å². The molecule has 0 aromatic heterocycles. The first-order valence-corrected chi connectivity index (χ1v) is 2.41. The molecule has 3 heteroatoms. The quantitative estimate of drug-likeness (QED) is 0.433. The summed E-state index contributed by atoms with van der Waals surface area (Å²) in [4.78, 5) is 0. The molecule has 1 radical (unpaired) electrons. The van der Waals surface area contributed by atoms with Crippen LogP contribution < -0.4 is 0 Å². The van der Waals surface area contributed by atoms with Crippen molar-refractivity contribution in [1.82, 2.24) is 0 Å². The Bertz CT molecular complexity index is 254. The van der Waals surface area contributed by atoms with E-state index in [1.165, 1.54) is 18.2 Å². The average Bonchev–Trinajstić information content (AvgIpc) is 1.89. The zero-order chi connectivity index (χ0) is 6.69. The van der Waals surface area contributed by atoms with Crippen molar-refractivity contribution >= 4 is 0 Å². The number of benzene rings is 1. The fourth-order valence-electron chi connectivity index (χ4n) is 0.502. The molecule has 51 valence electrons. The van der Waals surface area contributed by atoms with Gasteiger partial charge in [0.1, 0.15) is 0 Å². The molecular weight excluding hydrogens is 172 g/mol. The second-order valence-electron chi connectivity index (χ2n) is 1.50. The van der Waals surface area contributed by atoms with E-state index >= 15 is 0 Å². The van der Waals surface area contributed by atoms with E-state index in [2.05, 4.69) is 6.07 Å². The van der Waals surface area contributed by atoms with Gasteiger partial charge in [0.15, 0.2) is 0 Å². The van der Waals surface area contributed by atoms with Crippen LogP contribution in [-0.2, 0) is 17.1 Å². The van der Waals surface area contributed by atoms with Gasteiger partial charge in [0.25, 0.3) is 0 Å². The number of halogens is 1. The molecule has 0 heterocycles. The largest absolute Gasteiger partial charge is 0.265 e. The van der Waals surface area contributed by atoms with Crippen LogP contribution in [0.3, 0.4) is 0 Å². The molecule has 1 aromatic carbocycles. The SMILES string of the molecule is N#Cc1[c-]cccc1F.[Mn]. The summed E-state index contributed by atoms with van der Waals surface area (Å²) in [5.74, 6) is -0.514. The van der Waals surface area contributed by atoms with Crippen LogP contribution in [-0.4, -0.2) is 0 Å². The Balaban J connectivity index is 0.000000810. The molecule has 0 aliphatic heterocycles. The zero-order valence-electron chi connectivity index (χ0n) is 4.94. The van der Waals surface area contributed by atoms with Gasteiger partial charge in [-0.25, -0.2) is 0 Å². The van der Waals surface area contributed by atoms with Crippen LogP contribution in [0.1, 0.15) is 5.56 Å². The van der Waals surface area contributed by atoms with Gasteiger partial charge in [-0.3, -0.25) is 9.65 Å². The van der Waals surface area contributed by atoms with Gasteiger partial charge in [-0.15, -0.1) is 24.3 Å². The minimum Gasteiger partial charge on any atom is -0.265 e. The molecule has 1 nitrogen and oxygen atoms in total. The fourth-order valence-corrected chi connectivity index (χ4v) is 0.502. The van der Waals surface area contributed by atoms with Crippen LogP contribution in [0, 0.1) is 23.2 Å². The molecule has 0 amide bonds. The third kappa shape index (κ3) is 1.84. The number of rotatable bonds is 0. The molecule has 0 fully saturated rings. The Morgan fingerprint density at radius 3 is 2.70 bits per heavy atom. The first kappa shape index (κ1) is 9.16. The summed E-state index contributed by atoms with van der Waals surface area (Å²) in [6.45, 7) is 0. The maximum Gasteiger partial charge on any atom is 0.0452 e. The van der Waals surface area contributed by atoms with Crippen molar-refractivity contribution in [1.29, 1.82) is 5.26 Å².